The number of pyridine rings is 1. The third-order valence-corrected chi connectivity index (χ3v) is 6.02. The molecule has 0 spiro atoms. The molecule has 0 aliphatic heterocycles. The number of nitrogens with one attached hydrogen (secondary N) is 1. The predicted octanol–water partition coefficient (Wildman–Crippen LogP) is 3.77. The van der Waals surface area contributed by atoms with Gasteiger partial charge in [-0.1, -0.05) is 12.1 Å². The first-order valence-electron chi connectivity index (χ1n) is 12.0. The second kappa shape index (κ2) is 11.1. The van der Waals surface area contributed by atoms with Gasteiger partial charge in [-0.05, 0) is 71.4 Å². The number of H-pyrrole nitrogens is 1. The smallest absolute Gasteiger partial charge is 0.252 e. The molecule has 3 aromatic heterocycles. The van der Waals surface area contributed by atoms with Crippen molar-refractivity contribution in [1.82, 2.24) is 30.1 Å². The van der Waals surface area contributed by atoms with Gasteiger partial charge in [0.25, 0.3) is 5.56 Å². The van der Waals surface area contributed by atoms with E-state index in [-0.39, 0.29) is 5.56 Å². The highest BCUT2D eigenvalue weighted by atomic mass is 16.5. The highest BCUT2D eigenvalue weighted by Gasteiger charge is 2.17. The van der Waals surface area contributed by atoms with Crippen molar-refractivity contribution in [2.75, 3.05) is 13.7 Å². The molecule has 0 radical (unpaired) electrons. The number of tetrazole rings is 1. The van der Waals surface area contributed by atoms with E-state index in [9.17, 15) is 4.79 Å². The Morgan fingerprint density at radius 2 is 1.86 bits per heavy atom. The number of aromatic nitrogens is 5. The molecule has 0 fully saturated rings. The third kappa shape index (κ3) is 5.87. The summed E-state index contributed by atoms with van der Waals surface area (Å²) in [5, 5.41) is 13.3. The number of furan rings is 1. The molecule has 0 amide bonds. The van der Waals surface area contributed by atoms with Crippen molar-refractivity contribution < 1.29 is 13.9 Å². The lowest BCUT2D eigenvalue weighted by Crippen LogP contribution is -2.28. The van der Waals surface area contributed by atoms with Crippen LogP contribution in [0.15, 0.2) is 76.1 Å². The maximum atomic E-state index is 13.0. The quantitative estimate of drug-likeness (QED) is 0.292. The fraction of sp³-hybridized carbons (Fsp3) is 0.259. The summed E-state index contributed by atoms with van der Waals surface area (Å²) in [6, 6.07) is 19.1. The molecule has 0 saturated carbocycles. The van der Waals surface area contributed by atoms with Crippen molar-refractivity contribution >= 4 is 10.9 Å². The summed E-state index contributed by atoms with van der Waals surface area (Å²) in [7, 11) is 1.64. The van der Waals surface area contributed by atoms with Gasteiger partial charge < -0.3 is 18.9 Å². The van der Waals surface area contributed by atoms with Crippen LogP contribution in [0, 0.1) is 0 Å². The van der Waals surface area contributed by atoms with E-state index < -0.39 is 0 Å². The van der Waals surface area contributed by atoms with Gasteiger partial charge in [0.15, 0.2) is 5.82 Å². The number of aromatic amines is 1. The minimum Gasteiger partial charge on any atom is -0.497 e. The first kappa shape index (κ1) is 24.3. The lowest BCUT2D eigenvalue weighted by molar-refractivity contribution is 0.217. The van der Waals surface area contributed by atoms with Gasteiger partial charge in [-0.25, -0.2) is 4.68 Å². The molecule has 0 aliphatic rings. The van der Waals surface area contributed by atoms with E-state index in [1.54, 1.807) is 18.1 Å². The van der Waals surface area contributed by atoms with Crippen molar-refractivity contribution in [1.29, 1.82) is 0 Å². The van der Waals surface area contributed by atoms with Crippen LogP contribution < -0.4 is 15.0 Å². The average molecular weight is 501 g/mol. The van der Waals surface area contributed by atoms with Crippen LogP contribution >= 0.6 is 0 Å². The van der Waals surface area contributed by atoms with Gasteiger partial charge in [0, 0.05) is 23.0 Å². The Morgan fingerprint density at radius 3 is 2.62 bits per heavy atom. The number of methoxy groups -OCH3 is 1. The topological polar surface area (TPSA) is 111 Å². The monoisotopic (exact) mass is 500 g/mol. The van der Waals surface area contributed by atoms with Crippen LogP contribution in [-0.4, -0.2) is 43.8 Å². The van der Waals surface area contributed by atoms with Crippen molar-refractivity contribution in [2.45, 2.75) is 33.1 Å². The van der Waals surface area contributed by atoms with Crippen LogP contribution in [0.5, 0.6) is 11.5 Å². The molecule has 2 aromatic carbocycles. The number of nitrogens with zero attached hydrogens (tertiary/aromatic N) is 5. The summed E-state index contributed by atoms with van der Waals surface area (Å²) in [5.74, 6) is 3.01. The molecular formula is C27H28N6O4. The maximum Gasteiger partial charge on any atom is 0.252 e. The first-order chi connectivity index (χ1) is 18.1. The largest absolute Gasteiger partial charge is 0.497 e. The molecule has 190 valence electrons. The zero-order valence-corrected chi connectivity index (χ0v) is 20.8. The zero-order chi connectivity index (χ0) is 25.6. The second-order valence-corrected chi connectivity index (χ2v) is 8.63. The lowest BCUT2D eigenvalue weighted by atomic mass is 10.1. The SMILES string of the molecule is CCOc1ccc2[nH]c(=O)c(CN(Cc3ccco3)Cc3nnnn3Cc3ccc(OC)cc3)cc2c1. The Kier molecular flexibility index (Phi) is 7.27. The van der Waals surface area contributed by atoms with Gasteiger partial charge in [0.2, 0.25) is 0 Å². The van der Waals surface area contributed by atoms with Crippen LogP contribution in [-0.2, 0) is 26.2 Å². The number of fused-ring (bicyclic) bond motifs is 1. The maximum absolute atomic E-state index is 13.0. The molecule has 0 saturated heterocycles. The summed E-state index contributed by atoms with van der Waals surface area (Å²) in [6.07, 6.45) is 1.64. The minimum absolute atomic E-state index is 0.140. The van der Waals surface area contributed by atoms with Gasteiger partial charge in [-0.3, -0.25) is 9.69 Å². The number of rotatable bonds is 11. The van der Waals surface area contributed by atoms with Crippen LogP contribution in [0.4, 0.5) is 0 Å². The number of hydrogen-bond acceptors (Lipinski definition) is 8. The zero-order valence-electron chi connectivity index (χ0n) is 20.8. The molecule has 10 nitrogen and oxygen atoms in total. The molecule has 1 N–H and O–H groups in total. The molecule has 5 rings (SSSR count). The molecule has 0 bridgehead atoms. The highest BCUT2D eigenvalue weighted by Crippen LogP contribution is 2.21. The Bertz CT molecular complexity index is 1510. The van der Waals surface area contributed by atoms with E-state index in [1.807, 2.05) is 67.6 Å². The molecular weight excluding hydrogens is 472 g/mol. The average Bonchev–Trinajstić information content (AvgIpc) is 3.57. The van der Waals surface area contributed by atoms with E-state index in [0.29, 0.717) is 44.2 Å². The van der Waals surface area contributed by atoms with E-state index in [4.69, 9.17) is 13.9 Å². The van der Waals surface area contributed by atoms with Gasteiger partial charge in [0.1, 0.15) is 17.3 Å². The number of benzene rings is 2. The van der Waals surface area contributed by atoms with Crippen molar-refractivity contribution in [3.05, 3.63) is 100.0 Å². The number of hydrogen-bond donors (Lipinski definition) is 1. The van der Waals surface area contributed by atoms with Gasteiger partial charge in [-0.15, -0.1) is 5.10 Å². The number of ether oxygens (including phenoxy) is 2. The van der Waals surface area contributed by atoms with Crippen LogP contribution in [0.2, 0.25) is 0 Å². The van der Waals surface area contributed by atoms with Crippen molar-refractivity contribution in [2.24, 2.45) is 0 Å². The minimum atomic E-state index is -0.140. The molecule has 37 heavy (non-hydrogen) atoms. The van der Waals surface area contributed by atoms with E-state index in [0.717, 1.165) is 33.7 Å². The van der Waals surface area contributed by atoms with Crippen molar-refractivity contribution in [3.63, 3.8) is 0 Å². The Morgan fingerprint density at radius 1 is 1.03 bits per heavy atom. The van der Waals surface area contributed by atoms with E-state index in [2.05, 4.69) is 25.4 Å². The van der Waals surface area contributed by atoms with Gasteiger partial charge in [0.05, 0.1) is 39.6 Å². The fourth-order valence-electron chi connectivity index (χ4n) is 4.20. The normalized spacial score (nSPS) is 11.3. The third-order valence-electron chi connectivity index (χ3n) is 6.02. The fourth-order valence-corrected chi connectivity index (χ4v) is 4.20. The molecule has 0 atom stereocenters. The standard InChI is InChI=1S/C27H28N6O4/c1-3-36-23-10-11-25-20(14-23)13-21(27(34)28-25)16-32(17-24-5-4-12-37-24)18-26-29-30-31-33(26)15-19-6-8-22(35-2)9-7-19/h4-14H,3,15-18H2,1-2H3,(H,28,34). The molecule has 3 heterocycles. The molecule has 0 unspecified atom stereocenters. The Hall–Kier alpha value is -4.44. The van der Waals surface area contributed by atoms with E-state index in [1.165, 1.54) is 0 Å². The second-order valence-electron chi connectivity index (χ2n) is 8.63. The highest BCUT2D eigenvalue weighted by molar-refractivity contribution is 5.80. The van der Waals surface area contributed by atoms with E-state index >= 15 is 0 Å². The van der Waals surface area contributed by atoms with Crippen LogP contribution in [0.1, 0.15) is 29.6 Å². The van der Waals surface area contributed by atoms with Crippen LogP contribution in [0.25, 0.3) is 10.9 Å². The molecule has 0 aliphatic carbocycles. The summed E-state index contributed by atoms with van der Waals surface area (Å²) in [6.45, 7) is 4.30. The molecule has 10 heteroatoms. The Balaban J connectivity index is 1.40. The summed E-state index contributed by atoms with van der Waals surface area (Å²) in [5.41, 5.74) is 2.29. The van der Waals surface area contributed by atoms with Crippen LogP contribution in [0.3, 0.4) is 0 Å². The van der Waals surface area contributed by atoms with Gasteiger partial charge >= 0.3 is 0 Å². The summed E-state index contributed by atoms with van der Waals surface area (Å²) in [4.78, 5) is 18.0. The lowest BCUT2D eigenvalue weighted by Gasteiger charge is -2.21. The van der Waals surface area contributed by atoms with Crippen molar-refractivity contribution in [3.8, 4) is 11.5 Å². The Labute approximate surface area is 213 Å². The van der Waals surface area contributed by atoms with Gasteiger partial charge in [-0.2, -0.15) is 0 Å². The summed E-state index contributed by atoms with van der Waals surface area (Å²) < 4.78 is 18.2. The first-order valence-corrected chi connectivity index (χ1v) is 12.0. The predicted molar refractivity (Wildman–Crippen MR) is 137 cm³/mol. The summed E-state index contributed by atoms with van der Waals surface area (Å²) >= 11 is 0. The molecule has 5 aromatic rings.